The van der Waals surface area contributed by atoms with Crippen molar-refractivity contribution >= 4 is 42.3 Å². The first-order valence-corrected chi connectivity index (χ1v) is 15.1. The molecule has 0 amide bonds. The summed E-state index contributed by atoms with van der Waals surface area (Å²) >= 11 is 0. The molecule has 5 N–H and O–H groups in total. The number of aliphatic hydroxyl groups is 2. The minimum Gasteiger partial charge on any atom is -0.483 e. The molecule has 0 aliphatic carbocycles. The highest BCUT2D eigenvalue weighted by Crippen LogP contribution is 2.23. The Morgan fingerprint density at radius 3 is 1.10 bits per heavy atom. The van der Waals surface area contributed by atoms with E-state index in [9.17, 15) is 39.0 Å². The first-order valence-electron chi connectivity index (χ1n) is 15.1. The van der Waals surface area contributed by atoms with E-state index in [-0.39, 0.29) is 64.4 Å². The van der Waals surface area contributed by atoms with E-state index in [1.54, 1.807) is 0 Å². The van der Waals surface area contributed by atoms with Crippen molar-refractivity contribution in [1.82, 2.24) is 0 Å². The SMILES string of the molecule is C=CCOC(=O)CC(O)(CC(=O)OCC=C)C(=O)OCC=C.O=C(CC(O)(CC(=O)OCC1CO1)C(=O)OCC1CO1)OCC1CO1.O=CO.OO. The van der Waals surface area contributed by atoms with E-state index in [4.69, 9.17) is 63.0 Å². The van der Waals surface area contributed by atoms with E-state index in [2.05, 4.69) is 19.7 Å². The molecule has 3 heterocycles. The van der Waals surface area contributed by atoms with Crippen LogP contribution in [0.25, 0.3) is 0 Å². The minimum absolute atomic E-state index is 0.0311. The Bertz CT molecular complexity index is 1130. The van der Waals surface area contributed by atoms with Crippen LogP contribution in [0.3, 0.4) is 0 Å². The fourth-order valence-corrected chi connectivity index (χ4v) is 3.31. The second kappa shape index (κ2) is 26.1. The molecule has 0 saturated carbocycles. The van der Waals surface area contributed by atoms with Crippen LogP contribution in [0.2, 0.25) is 0 Å². The molecule has 21 nitrogen and oxygen atoms in total. The lowest BCUT2D eigenvalue weighted by atomic mass is 9.95. The third-order valence-electron chi connectivity index (χ3n) is 6.03. The van der Waals surface area contributed by atoms with E-state index < -0.39 is 72.7 Å². The van der Waals surface area contributed by atoms with Crippen LogP contribution in [0, 0.1) is 0 Å². The number of epoxide rings is 3. The van der Waals surface area contributed by atoms with Crippen molar-refractivity contribution in [2.24, 2.45) is 0 Å². The van der Waals surface area contributed by atoms with Gasteiger partial charge in [-0.2, -0.15) is 0 Å². The van der Waals surface area contributed by atoms with Gasteiger partial charge in [0.2, 0.25) is 0 Å². The third kappa shape index (κ3) is 22.1. The topological polar surface area (TPSA) is 314 Å². The molecule has 3 atom stereocenters. The predicted octanol–water partition coefficient (Wildman–Crippen LogP) is -1.27. The Morgan fingerprint density at radius 1 is 0.558 bits per heavy atom. The van der Waals surface area contributed by atoms with Gasteiger partial charge in [0.15, 0.2) is 11.2 Å². The summed E-state index contributed by atoms with van der Waals surface area (Å²) < 4.78 is 43.5. The zero-order valence-corrected chi connectivity index (χ0v) is 28.1. The summed E-state index contributed by atoms with van der Waals surface area (Å²) in [6, 6.07) is 0. The van der Waals surface area contributed by atoms with Gasteiger partial charge in [0.05, 0.1) is 45.5 Å². The Hall–Kier alpha value is -4.77. The van der Waals surface area contributed by atoms with E-state index in [1.165, 1.54) is 18.2 Å². The number of rotatable bonds is 22. The molecule has 0 aromatic carbocycles. The maximum Gasteiger partial charge on any atom is 0.339 e. The summed E-state index contributed by atoms with van der Waals surface area (Å²) in [6.07, 6.45) is 0.462. The number of hydrogen-bond acceptors (Lipinski definition) is 20. The summed E-state index contributed by atoms with van der Waals surface area (Å²) in [5, 5.41) is 39.7. The van der Waals surface area contributed by atoms with Gasteiger partial charge in [-0.3, -0.25) is 34.5 Å². The molecule has 0 radical (unpaired) electrons. The van der Waals surface area contributed by atoms with E-state index in [0.717, 1.165) is 0 Å². The maximum absolute atomic E-state index is 12.2. The molecule has 3 aliphatic rings. The summed E-state index contributed by atoms with van der Waals surface area (Å²) in [4.78, 5) is 79.3. The summed E-state index contributed by atoms with van der Waals surface area (Å²) in [5.74, 6) is -5.67. The Kier molecular flexibility index (Phi) is 23.7. The highest BCUT2D eigenvalue weighted by atomic mass is 17.0. The van der Waals surface area contributed by atoms with Crippen molar-refractivity contribution in [2.45, 2.75) is 55.2 Å². The fourth-order valence-electron chi connectivity index (χ4n) is 3.31. The largest absolute Gasteiger partial charge is 0.483 e. The summed E-state index contributed by atoms with van der Waals surface area (Å²) in [6.45, 7) is 10.9. The van der Waals surface area contributed by atoms with Gasteiger partial charge < -0.3 is 58.0 Å². The first-order chi connectivity index (χ1) is 24.7. The van der Waals surface area contributed by atoms with Crippen LogP contribution in [-0.2, 0) is 76.2 Å². The predicted molar refractivity (Wildman–Crippen MR) is 168 cm³/mol. The van der Waals surface area contributed by atoms with Crippen LogP contribution < -0.4 is 0 Å². The Balaban J connectivity index is 0.000000898. The average Bonchev–Trinajstić information content (AvgIpc) is 3.95. The van der Waals surface area contributed by atoms with Crippen LogP contribution in [0.5, 0.6) is 0 Å². The second-order valence-corrected chi connectivity index (χ2v) is 10.5. The monoisotopic (exact) mass is 752 g/mol. The lowest BCUT2D eigenvalue weighted by Crippen LogP contribution is -2.45. The third-order valence-corrected chi connectivity index (χ3v) is 6.03. The van der Waals surface area contributed by atoms with Crippen molar-refractivity contribution in [3.8, 4) is 0 Å². The Morgan fingerprint density at radius 2 is 0.808 bits per heavy atom. The highest BCUT2D eigenvalue weighted by molar-refractivity contribution is 5.91. The van der Waals surface area contributed by atoms with Gasteiger partial charge in [-0.25, -0.2) is 9.59 Å². The van der Waals surface area contributed by atoms with Crippen LogP contribution in [0.4, 0.5) is 0 Å². The van der Waals surface area contributed by atoms with Crippen LogP contribution in [0.15, 0.2) is 38.0 Å². The number of carboxylic acid groups (broad SMARTS) is 1. The van der Waals surface area contributed by atoms with Crippen molar-refractivity contribution in [1.29, 1.82) is 0 Å². The van der Waals surface area contributed by atoms with Gasteiger partial charge in [0.25, 0.3) is 6.47 Å². The molecule has 3 aliphatic heterocycles. The molecular weight excluding hydrogens is 708 g/mol. The van der Waals surface area contributed by atoms with Gasteiger partial charge in [-0.1, -0.05) is 38.0 Å². The molecule has 0 bridgehead atoms. The number of hydrogen-bond donors (Lipinski definition) is 5. The van der Waals surface area contributed by atoms with E-state index in [1.807, 2.05) is 0 Å². The average molecular weight is 753 g/mol. The lowest BCUT2D eigenvalue weighted by molar-refractivity contribution is -0.178. The second-order valence-electron chi connectivity index (χ2n) is 10.5. The van der Waals surface area contributed by atoms with E-state index >= 15 is 0 Å². The standard InChI is InChI=1S/C15H20O10.C15H20O7.CH2O2.H2O2/c16-12(23-6-9-3-20-9)1-15(19,14(18)25-8-11-5-22-11)2-13(17)24-7-10-4-21-10;1-4-7-20-12(16)10-15(19,14(18)22-9-6-3)11-13(17)21-8-5-2;2-1-3;1-2/h9-11,19H,1-8H2;4-6,19H,1-3,7-11H2;1H,(H,2,3);1-2H. The Labute approximate surface area is 297 Å². The van der Waals surface area contributed by atoms with Gasteiger partial charge in [0.1, 0.15) is 58.0 Å². The fraction of sp³-hybridized carbons (Fsp3) is 0.581. The minimum atomic E-state index is -2.38. The molecule has 294 valence electrons. The molecule has 3 saturated heterocycles. The summed E-state index contributed by atoms with van der Waals surface area (Å²) in [5.41, 5.74) is -4.74. The zero-order chi connectivity index (χ0) is 39.6. The molecule has 52 heavy (non-hydrogen) atoms. The lowest BCUT2D eigenvalue weighted by Gasteiger charge is -2.24. The highest BCUT2D eigenvalue weighted by Gasteiger charge is 2.45. The van der Waals surface area contributed by atoms with Crippen molar-refractivity contribution in [3.05, 3.63) is 38.0 Å². The van der Waals surface area contributed by atoms with Crippen molar-refractivity contribution in [3.63, 3.8) is 0 Å². The molecule has 21 heteroatoms. The molecular formula is C31H44O21. The molecule has 0 aromatic heterocycles. The van der Waals surface area contributed by atoms with Crippen molar-refractivity contribution < 1.29 is 102 Å². The molecule has 3 rings (SSSR count). The van der Waals surface area contributed by atoms with Gasteiger partial charge in [0, 0.05) is 0 Å². The van der Waals surface area contributed by atoms with Gasteiger partial charge >= 0.3 is 35.8 Å². The first kappa shape index (κ1) is 47.2. The number of esters is 6. The quantitative estimate of drug-likeness (QED) is 0.0164. The van der Waals surface area contributed by atoms with Crippen LogP contribution in [-0.4, -0.2) is 157 Å². The van der Waals surface area contributed by atoms with Crippen LogP contribution >= 0.6 is 0 Å². The number of carbonyl (C=O) groups is 7. The van der Waals surface area contributed by atoms with Gasteiger partial charge in [-0.05, 0) is 0 Å². The summed E-state index contributed by atoms with van der Waals surface area (Å²) in [7, 11) is 0. The van der Waals surface area contributed by atoms with Crippen molar-refractivity contribution in [2.75, 3.05) is 59.5 Å². The van der Waals surface area contributed by atoms with Crippen LogP contribution in [0.1, 0.15) is 25.7 Å². The van der Waals surface area contributed by atoms with Gasteiger partial charge in [-0.15, -0.1) is 0 Å². The molecule has 0 aromatic rings. The van der Waals surface area contributed by atoms with E-state index in [0.29, 0.717) is 19.8 Å². The number of ether oxygens (including phenoxy) is 9. The zero-order valence-electron chi connectivity index (χ0n) is 28.1. The molecule has 0 spiro atoms. The normalized spacial score (nSPS) is 18.3. The molecule has 3 fully saturated rings. The maximum atomic E-state index is 12.2. The smallest absolute Gasteiger partial charge is 0.339 e. The number of carbonyl (C=O) groups excluding carboxylic acids is 6. The molecule has 3 unspecified atom stereocenters.